The molecule has 1 aromatic heterocycles. The Hall–Kier alpha value is -1.48. The van der Waals surface area contributed by atoms with E-state index in [1.54, 1.807) is 0 Å². The molecule has 1 fully saturated rings. The van der Waals surface area contributed by atoms with Gasteiger partial charge in [-0.05, 0) is 18.9 Å². The van der Waals surface area contributed by atoms with Crippen LogP contribution in [0.15, 0.2) is 24.3 Å². The molecule has 1 aliphatic rings. The van der Waals surface area contributed by atoms with Crippen molar-refractivity contribution in [2.24, 2.45) is 0 Å². The molecule has 0 atom stereocenters. The zero-order valence-electron chi connectivity index (χ0n) is 8.70. The van der Waals surface area contributed by atoms with Gasteiger partial charge < -0.3 is 5.73 Å². The van der Waals surface area contributed by atoms with E-state index in [0.717, 1.165) is 21.8 Å². The molecule has 0 unspecified atom stereocenters. The predicted octanol–water partition coefficient (Wildman–Crippen LogP) is 3.19. The zero-order valence-corrected chi connectivity index (χ0v) is 9.46. The van der Waals surface area contributed by atoms with Crippen LogP contribution in [-0.4, -0.2) is 10.2 Å². The van der Waals surface area contributed by atoms with Crippen molar-refractivity contribution in [2.45, 2.75) is 18.8 Å². The molecule has 0 saturated heterocycles. The Morgan fingerprint density at radius 2 is 2.06 bits per heavy atom. The third kappa shape index (κ3) is 1.48. The van der Waals surface area contributed by atoms with Crippen molar-refractivity contribution < 1.29 is 0 Å². The van der Waals surface area contributed by atoms with Gasteiger partial charge in [-0.2, -0.15) is 5.10 Å². The number of nitrogen functional groups attached to an aromatic ring is 1. The van der Waals surface area contributed by atoms with Gasteiger partial charge in [-0.15, -0.1) is 0 Å². The number of nitrogens with two attached hydrogens (primary N) is 1. The monoisotopic (exact) mass is 233 g/mol. The first kappa shape index (κ1) is 9.73. The van der Waals surface area contributed by atoms with Crippen LogP contribution >= 0.6 is 11.6 Å². The standard InChI is InChI=1S/C12H12ClN3/c13-9-4-2-1-3-8(9)10-11(7-5-6-7)15-16-12(10)14/h1-4,7H,5-6H2,(H3,14,15,16). The number of anilines is 1. The van der Waals surface area contributed by atoms with E-state index in [4.69, 9.17) is 17.3 Å². The maximum atomic E-state index is 6.19. The molecule has 2 aromatic rings. The highest BCUT2D eigenvalue weighted by Crippen LogP contribution is 2.46. The fraction of sp³-hybridized carbons (Fsp3) is 0.250. The molecule has 0 amide bonds. The van der Waals surface area contributed by atoms with Crippen molar-refractivity contribution in [1.29, 1.82) is 0 Å². The first-order chi connectivity index (χ1) is 7.77. The summed E-state index contributed by atoms with van der Waals surface area (Å²) >= 11 is 6.19. The number of benzene rings is 1. The quantitative estimate of drug-likeness (QED) is 0.837. The summed E-state index contributed by atoms with van der Waals surface area (Å²) < 4.78 is 0. The summed E-state index contributed by atoms with van der Waals surface area (Å²) in [6, 6.07) is 7.73. The van der Waals surface area contributed by atoms with Crippen LogP contribution in [0.25, 0.3) is 11.1 Å². The van der Waals surface area contributed by atoms with E-state index >= 15 is 0 Å². The van der Waals surface area contributed by atoms with Crippen molar-refractivity contribution in [3.8, 4) is 11.1 Å². The SMILES string of the molecule is Nc1n[nH]c(C2CC2)c1-c1ccccc1Cl. The minimum absolute atomic E-state index is 0.537. The van der Waals surface area contributed by atoms with Gasteiger partial charge in [-0.1, -0.05) is 29.8 Å². The van der Waals surface area contributed by atoms with E-state index in [-0.39, 0.29) is 0 Å². The van der Waals surface area contributed by atoms with Gasteiger partial charge in [0.2, 0.25) is 0 Å². The van der Waals surface area contributed by atoms with Gasteiger partial charge in [0, 0.05) is 27.8 Å². The molecular formula is C12H12ClN3. The van der Waals surface area contributed by atoms with E-state index in [1.165, 1.54) is 12.8 Å². The molecule has 82 valence electrons. The summed E-state index contributed by atoms with van der Waals surface area (Å²) in [6.45, 7) is 0. The summed E-state index contributed by atoms with van der Waals surface area (Å²) in [4.78, 5) is 0. The summed E-state index contributed by atoms with van der Waals surface area (Å²) in [6.07, 6.45) is 2.41. The molecule has 4 heteroatoms. The molecule has 1 heterocycles. The van der Waals surface area contributed by atoms with Crippen LogP contribution in [0.2, 0.25) is 5.02 Å². The summed E-state index contributed by atoms with van der Waals surface area (Å²) in [5.41, 5.74) is 8.99. The Morgan fingerprint density at radius 3 is 2.75 bits per heavy atom. The molecule has 16 heavy (non-hydrogen) atoms. The van der Waals surface area contributed by atoms with Gasteiger partial charge in [-0.3, -0.25) is 5.10 Å². The van der Waals surface area contributed by atoms with Crippen molar-refractivity contribution in [2.75, 3.05) is 5.73 Å². The number of aromatic nitrogens is 2. The van der Waals surface area contributed by atoms with Gasteiger partial charge in [0.15, 0.2) is 5.82 Å². The first-order valence-electron chi connectivity index (χ1n) is 5.36. The second-order valence-electron chi connectivity index (χ2n) is 4.15. The minimum atomic E-state index is 0.537. The number of aromatic amines is 1. The van der Waals surface area contributed by atoms with Gasteiger partial charge >= 0.3 is 0 Å². The van der Waals surface area contributed by atoms with Crippen molar-refractivity contribution in [3.05, 3.63) is 35.0 Å². The fourth-order valence-electron chi connectivity index (χ4n) is 1.98. The molecule has 3 rings (SSSR count). The lowest BCUT2D eigenvalue weighted by atomic mass is 10.0. The lowest BCUT2D eigenvalue weighted by Crippen LogP contribution is -1.90. The normalized spacial score (nSPS) is 15.3. The number of nitrogens with one attached hydrogen (secondary N) is 1. The van der Waals surface area contributed by atoms with Crippen molar-refractivity contribution in [1.82, 2.24) is 10.2 Å². The molecule has 0 spiro atoms. The Labute approximate surface area is 98.6 Å². The van der Waals surface area contributed by atoms with E-state index in [0.29, 0.717) is 11.7 Å². The molecular weight excluding hydrogens is 222 g/mol. The molecule has 1 saturated carbocycles. The van der Waals surface area contributed by atoms with E-state index < -0.39 is 0 Å². The Morgan fingerprint density at radius 1 is 1.31 bits per heavy atom. The Bertz CT molecular complexity index is 529. The smallest absolute Gasteiger partial charge is 0.153 e. The highest BCUT2D eigenvalue weighted by Gasteiger charge is 2.30. The number of halogens is 1. The topological polar surface area (TPSA) is 54.7 Å². The predicted molar refractivity (Wildman–Crippen MR) is 65.4 cm³/mol. The van der Waals surface area contributed by atoms with Gasteiger partial charge in [-0.25, -0.2) is 0 Å². The second-order valence-corrected chi connectivity index (χ2v) is 4.56. The lowest BCUT2D eigenvalue weighted by molar-refractivity contribution is 0.969. The second kappa shape index (κ2) is 3.52. The summed E-state index contributed by atoms with van der Waals surface area (Å²) in [7, 11) is 0. The van der Waals surface area contributed by atoms with E-state index in [1.807, 2.05) is 24.3 Å². The Balaban J connectivity index is 2.18. The van der Waals surface area contributed by atoms with Gasteiger partial charge in [0.05, 0.1) is 0 Å². The molecule has 0 radical (unpaired) electrons. The number of hydrogen-bond acceptors (Lipinski definition) is 2. The van der Waals surface area contributed by atoms with Crippen LogP contribution in [0, 0.1) is 0 Å². The number of H-pyrrole nitrogens is 1. The molecule has 0 aliphatic heterocycles. The number of nitrogens with zero attached hydrogens (tertiary/aromatic N) is 1. The lowest BCUT2D eigenvalue weighted by Gasteiger charge is -2.05. The number of hydrogen-bond donors (Lipinski definition) is 2. The van der Waals surface area contributed by atoms with E-state index in [2.05, 4.69) is 10.2 Å². The maximum absolute atomic E-state index is 6.19. The highest BCUT2D eigenvalue weighted by atomic mass is 35.5. The van der Waals surface area contributed by atoms with Crippen LogP contribution < -0.4 is 5.73 Å². The van der Waals surface area contributed by atoms with Gasteiger partial charge in [0.1, 0.15) is 0 Å². The van der Waals surface area contributed by atoms with Crippen LogP contribution in [0.3, 0.4) is 0 Å². The molecule has 1 aromatic carbocycles. The minimum Gasteiger partial charge on any atom is -0.382 e. The average Bonchev–Trinajstić information content (AvgIpc) is 3.04. The maximum Gasteiger partial charge on any atom is 0.153 e. The first-order valence-corrected chi connectivity index (χ1v) is 5.74. The summed E-state index contributed by atoms with van der Waals surface area (Å²) in [5.74, 6) is 1.12. The van der Waals surface area contributed by atoms with Crippen LogP contribution in [0.1, 0.15) is 24.5 Å². The van der Waals surface area contributed by atoms with Crippen molar-refractivity contribution >= 4 is 17.4 Å². The van der Waals surface area contributed by atoms with Crippen LogP contribution in [-0.2, 0) is 0 Å². The highest BCUT2D eigenvalue weighted by molar-refractivity contribution is 6.33. The molecule has 3 nitrogen and oxygen atoms in total. The van der Waals surface area contributed by atoms with E-state index in [9.17, 15) is 0 Å². The summed E-state index contributed by atoms with van der Waals surface area (Å²) in [5, 5.41) is 7.84. The zero-order chi connectivity index (χ0) is 11.1. The van der Waals surface area contributed by atoms with Crippen LogP contribution in [0.5, 0.6) is 0 Å². The van der Waals surface area contributed by atoms with Crippen molar-refractivity contribution in [3.63, 3.8) is 0 Å². The molecule has 3 N–H and O–H groups in total. The third-order valence-electron chi connectivity index (χ3n) is 2.95. The molecule has 0 bridgehead atoms. The van der Waals surface area contributed by atoms with Crippen LogP contribution in [0.4, 0.5) is 5.82 Å². The average molecular weight is 234 g/mol. The molecule has 1 aliphatic carbocycles. The third-order valence-corrected chi connectivity index (χ3v) is 3.28. The Kier molecular flexibility index (Phi) is 2.14. The largest absolute Gasteiger partial charge is 0.382 e. The van der Waals surface area contributed by atoms with Gasteiger partial charge in [0.25, 0.3) is 0 Å². The number of rotatable bonds is 2. The fourth-order valence-corrected chi connectivity index (χ4v) is 2.21.